The average molecular weight is 243 g/mol. The molecule has 2 aromatic rings. The predicted octanol–water partition coefficient (Wildman–Crippen LogP) is 2.47. The number of benzene rings is 2. The lowest BCUT2D eigenvalue weighted by molar-refractivity contribution is 0.513. The summed E-state index contributed by atoms with van der Waals surface area (Å²) in [6, 6.07) is 15.4. The summed E-state index contributed by atoms with van der Waals surface area (Å²) in [5, 5.41) is 0.821. The molecule has 1 atom stereocenters. The zero-order valence-corrected chi connectivity index (χ0v) is 10.7. The van der Waals surface area contributed by atoms with Crippen molar-refractivity contribution < 1.29 is 9.09 Å². The highest BCUT2D eigenvalue weighted by Gasteiger charge is 2.20. The molecule has 1 heterocycles. The molecule has 16 heavy (non-hydrogen) atoms. The van der Waals surface area contributed by atoms with Crippen LogP contribution in [-0.2, 0) is 4.57 Å². The zero-order valence-electron chi connectivity index (χ0n) is 8.51. The van der Waals surface area contributed by atoms with E-state index in [-0.39, 0.29) is 17.4 Å². The second-order valence-electron chi connectivity index (χ2n) is 3.43. The largest absolute Gasteiger partial charge is 0.441 e. The van der Waals surface area contributed by atoms with E-state index in [1.807, 2.05) is 48.5 Å². The van der Waals surface area contributed by atoms with E-state index in [9.17, 15) is 4.57 Å². The summed E-state index contributed by atoms with van der Waals surface area (Å²) in [7, 11) is -2.11. The first-order chi connectivity index (χ1) is 7.36. The third kappa shape index (κ3) is 1.72. The Morgan fingerprint density at radius 1 is 0.875 bits per heavy atom. The molecule has 0 aliphatic carbocycles. The van der Waals surface area contributed by atoms with E-state index < -0.39 is 8.03 Å². The van der Waals surface area contributed by atoms with Gasteiger partial charge in [0.2, 0.25) is 0 Å². The molecule has 1 aliphatic rings. The van der Waals surface area contributed by atoms with Gasteiger partial charge in [0.15, 0.2) is 0 Å². The summed E-state index contributed by atoms with van der Waals surface area (Å²) in [5.41, 5.74) is 2.06. The molecule has 77 valence electrons. The van der Waals surface area contributed by atoms with Gasteiger partial charge in [-0.1, -0.05) is 36.4 Å². The van der Waals surface area contributed by atoms with Crippen LogP contribution in [0, 0.1) is 0 Å². The molecule has 4 heteroatoms. The molecule has 0 amide bonds. The van der Waals surface area contributed by atoms with Crippen LogP contribution in [0.5, 0.6) is 5.75 Å². The molecule has 0 aromatic heterocycles. The van der Waals surface area contributed by atoms with Gasteiger partial charge in [0.25, 0.3) is 8.03 Å². The summed E-state index contributed by atoms with van der Waals surface area (Å²) >= 11 is 0. The molecule has 2 nitrogen and oxygen atoms in total. The highest BCUT2D eigenvalue weighted by molar-refractivity contribution is 7.49. The molecule has 0 bridgehead atoms. The minimum Gasteiger partial charge on any atom is -0.441 e. The Hall–Kier alpha value is -0.998. The minimum absolute atomic E-state index is 0. The van der Waals surface area contributed by atoms with Gasteiger partial charge >= 0.3 is 0 Å². The van der Waals surface area contributed by atoms with Crippen molar-refractivity contribution in [2.75, 3.05) is 0 Å². The standard InChI is InChI=1S/C12H9O2P.Al/c13-15-12-8-4-2-6-10(12)9-5-1-3-7-11(9)14-15;/h1-8,15H;. The Bertz CT molecular complexity index is 554. The fourth-order valence-electron chi connectivity index (χ4n) is 1.83. The Labute approximate surface area is 105 Å². The monoisotopic (exact) mass is 243 g/mol. The molecule has 0 spiro atoms. The van der Waals surface area contributed by atoms with Crippen molar-refractivity contribution in [3.8, 4) is 16.9 Å². The van der Waals surface area contributed by atoms with Crippen molar-refractivity contribution in [2.24, 2.45) is 0 Å². The summed E-state index contributed by atoms with van der Waals surface area (Å²) in [6.45, 7) is 0. The van der Waals surface area contributed by atoms with Crippen molar-refractivity contribution in [1.29, 1.82) is 0 Å². The van der Waals surface area contributed by atoms with Crippen LogP contribution in [0.2, 0.25) is 0 Å². The van der Waals surface area contributed by atoms with Crippen LogP contribution < -0.4 is 9.83 Å². The first-order valence-corrected chi connectivity index (χ1v) is 6.08. The van der Waals surface area contributed by atoms with Gasteiger partial charge in [-0.2, -0.15) is 0 Å². The van der Waals surface area contributed by atoms with E-state index in [0.29, 0.717) is 0 Å². The predicted molar refractivity (Wildman–Crippen MR) is 66.9 cm³/mol. The summed E-state index contributed by atoms with van der Waals surface area (Å²) < 4.78 is 17.2. The van der Waals surface area contributed by atoms with Crippen LogP contribution in [0.4, 0.5) is 0 Å². The van der Waals surface area contributed by atoms with Crippen LogP contribution in [0.15, 0.2) is 48.5 Å². The lowest BCUT2D eigenvalue weighted by atomic mass is 10.0. The van der Waals surface area contributed by atoms with Gasteiger partial charge < -0.3 is 4.52 Å². The zero-order chi connectivity index (χ0) is 10.3. The minimum atomic E-state index is -2.11. The van der Waals surface area contributed by atoms with Gasteiger partial charge in [-0.3, -0.25) is 4.57 Å². The number of hydrogen-bond acceptors (Lipinski definition) is 2. The molecule has 1 unspecified atom stereocenters. The van der Waals surface area contributed by atoms with Crippen LogP contribution in [0.25, 0.3) is 11.1 Å². The lowest BCUT2D eigenvalue weighted by Gasteiger charge is -2.19. The maximum absolute atomic E-state index is 11.8. The number of hydrogen-bond donors (Lipinski definition) is 0. The quantitative estimate of drug-likeness (QED) is 0.524. The van der Waals surface area contributed by atoms with Crippen LogP contribution in [0.3, 0.4) is 0 Å². The van der Waals surface area contributed by atoms with Crippen molar-refractivity contribution in [3.05, 3.63) is 48.5 Å². The van der Waals surface area contributed by atoms with E-state index in [1.54, 1.807) is 0 Å². The maximum Gasteiger partial charge on any atom is 0.266 e. The SMILES string of the molecule is O=[PH]1Oc2ccccc2-c2ccccc21.[Al]. The van der Waals surface area contributed by atoms with E-state index in [4.69, 9.17) is 4.52 Å². The first kappa shape index (κ1) is 11.5. The van der Waals surface area contributed by atoms with E-state index in [1.165, 1.54) is 0 Å². The molecular weight excluding hydrogens is 234 g/mol. The van der Waals surface area contributed by atoms with E-state index >= 15 is 0 Å². The maximum atomic E-state index is 11.8. The van der Waals surface area contributed by atoms with Gasteiger partial charge in [-0.15, -0.1) is 0 Å². The Kier molecular flexibility index (Phi) is 3.21. The highest BCUT2D eigenvalue weighted by atomic mass is 31.1. The highest BCUT2D eigenvalue weighted by Crippen LogP contribution is 2.41. The van der Waals surface area contributed by atoms with Gasteiger partial charge in [0, 0.05) is 22.9 Å². The molecule has 3 radical (unpaired) electrons. The average Bonchev–Trinajstić information content (AvgIpc) is 2.30. The normalized spacial score (nSPS) is 16.4. The summed E-state index contributed by atoms with van der Waals surface area (Å²) in [5.74, 6) is 0.722. The van der Waals surface area contributed by atoms with Crippen LogP contribution in [-0.4, -0.2) is 17.4 Å². The van der Waals surface area contributed by atoms with Crippen LogP contribution in [0.1, 0.15) is 0 Å². The second kappa shape index (κ2) is 4.47. The fourth-order valence-corrected chi connectivity index (χ4v) is 2.99. The lowest BCUT2D eigenvalue weighted by Crippen LogP contribution is -2.09. The molecule has 1 aliphatic heterocycles. The van der Waals surface area contributed by atoms with E-state index in [2.05, 4.69) is 0 Å². The smallest absolute Gasteiger partial charge is 0.266 e. The van der Waals surface area contributed by atoms with Crippen molar-refractivity contribution in [3.63, 3.8) is 0 Å². The molecule has 0 N–H and O–H groups in total. The summed E-state index contributed by atoms with van der Waals surface area (Å²) in [4.78, 5) is 0. The van der Waals surface area contributed by atoms with Crippen molar-refractivity contribution >= 4 is 30.7 Å². The number of para-hydroxylation sites is 1. The third-order valence-electron chi connectivity index (χ3n) is 2.53. The fraction of sp³-hybridized carbons (Fsp3) is 0. The van der Waals surface area contributed by atoms with Gasteiger partial charge in [-0.05, 0) is 17.7 Å². The molecule has 3 rings (SSSR count). The second-order valence-corrected chi connectivity index (χ2v) is 4.75. The third-order valence-corrected chi connectivity index (χ3v) is 3.81. The molecule has 0 saturated carbocycles. The summed E-state index contributed by atoms with van der Waals surface area (Å²) in [6.07, 6.45) is 0. The first-order valence-electron chi connectivity index (χ1n) is 4.77. The number of fused-ring (bicyclic) bond motifs is 3. The topological polar surface area (TPSA) is 26.3 Å². The van der Waals surface area contributed by atoms with E-state index in [0.717, 1.165) is 22.2 Å². The van der Waals surface area contributed by atoms with Crippen molar-refractivity contribution in [1.82, 2.24) is 0 Å². The number of rotatable bonds is 0. The van der Waals surface area contributed by atoms with Gasteiger partial charge in [0.1, 0.15) is 5.75 Å². The van der Waals surface area contributed by atoms with Crippen LogP contribution >= 0.6 is 8.03 Å². The Morgan fingerprint density at radius 3 is 2.31 bits per heavy atom. The molecular formula is C12H9AlO2P. The molecule has 2 aromatic carbocycles. The van der Waals surface area contributed by atoms with Gasteiger partial charge in [0.05, 0.1) is 5.30 Å². The molecule has 0 fully saturated rings. The Balaban J connectivity index is 0.000000963. The van der Waals surface area contributed by atoms with Gasteiger partial charge in [-0.25, -0.2) is 0 Å². The Morgan fingerprint density at radius 2 is 1.50 bits per heavy atom. The molecule has 0 saturated heterocycles. The van der Waals surface area contributed by atoms with Crippen molar-refractivity contribution in [2.45, 2.75) is 0 Å².